The normalized spacial score (nSPS) is 21.7. The molecule has 1 saturated heterocycles. The number of nitrogens with one attached hydrogen (secondary N) is 2. The molecule has 1 saturated carbocycles. The Hall–Kier alpha value is -1.88. The average Bonchev–Trinajstić information content (AvgIpc) is 2.73. The zero-order valence-corrected chi connectivity index (χ0v) is 14.7. The lowest BCUT2D eigenvalue weighted by Gasteiger charge is -2.25. The first-order valence-electron chi connectivity index (χ1n) is 9.02. The van der Waals surface area contributed by atoms with E-state index < -0.39 is 5.54 Å². The predicted molar refractivity (Wildman–Crippen MR) is 92.4 cm³/mol. The van der Waals surface area contributed by atoms with Gasteiger partial charge in [0, 0.05) is 5.56 Å². The number of urea groups is 1. The van der Waals surface area contributed by atoms with Crippen LogP contribution in [0.4, 0.5) is 4.79 Å². The maximum atomic E-state index is 12.9. The molecule has 0 bridgehead atoms. The van der Waals surface area contributed by atoms with Crippen LogP contribution in [0.3, 0.4) is 0 Å². The van der Waals surface area contributed by atoms with E-state index >= 15 is 0 Å². The van der Waals surface area contributed by atoms with Crippen molar-refractivity contribution >= 4 is 11.9 Å². The molecule has 1 aromatic rings. The largest absolute Gasteiger partial charge is 0.329 e. The predicted octanol–water partition coefficient (Wildman–Crippen LogP) is 1.61. The molecule has 1 heterocycles. The van der Waals surface area contributed by atoms with Crippen LogP contribution >= 0.6 is 0 Å². The molecule has 3 amide bonds. The molecule has 3 rings (SSSR count). The minimum atomic E-state index is -0.628. The zero-order valence-electron chi connectivity index (χ0n) is 14.7. The summed E-state index contributed by atoms with van der Waals surface area (Å²) in [5, 5.41) is 3.01. The van der Waals surface area contributed by atoms with Gasteiger partial charge < -0.3 is 10.2 Å². The minimum absolute atomic E-state index is 0.0152. The third-order valence-corrected chi connectivity index (χ3v) is 5.38. The molecule has 2 N–H and O–H groups in total. The maximum Gasteiger partial charge on any atom is 0.329 e. The van der Waals surface area contributed by atoms with Crippen molar-refractivity contribution in [3.63, 3.8) is 0 Å². The van der Waals surface area contributed by atoms with Gasteiger partial charge in [-0.1, -0.05) is 49.9 Å². The number of hydrogen-bond acceptors (Lipinski definition) is 2. The molecule has 1 aliphatic carbocycles. The number of benzene rings is 1. The van der Waals surface area contributed by atoms with E-state index in [2.05, 4.69) is 24.4 Å². The van der Waals surface area contributed by atoms with Crippen LogP contribution in [-0.2, 0) is 11.3 Å². The molecule has 2 fully saturated rings. The van der Waals surface area contributed by atoms with Crippen molar-refractivity contribution in [2.45, 2.75) is 57.5 Å². The van der Waals surface area contributed by atoms with E-state index in [0.29, 0.717) is 6.67 Å². The summed E-state index contributed by atoms with van der Waals surface area (Å²) in [4.78, 5) is 27.9. The van der Waals surface area contributed by atoms with Gasteiger partial charge in [0.1, 0.15) is 12.1 Å². The fourth-order valence-electron chi connectivity index (χ4n) is 3.95. The molecular formula is C19H28N3O2+. The number of carbonyl (C=O) groups excluding carboxylic acids is 2. The van der Waals surface area contributed by atoms with Gasteiger partial charge in [0.25, 0.3) is 5.91 Å². The van der Waals surface area contributed by atoms with Crippen molar-refractivity contribution in [1.82, 2.24) is 10.2 Å². The topological polar surface area (TPSA) is 53.9 Å². The second kappa shape index (κ2) is 6.93. The van der Waals surface area contributed by atoms with Crippen LogP contribution in [0.1, 0.15) is 49.7 Å². The summed E-state index contributed by atoms with van der Waals surface area (Å²) in [5.74, 6) is -0.0152. The number of aryl methyl sites for hydroxylation is 1. The van der Waals surface area contributed by atoms with Crippen molar-refractivity contribution in [2.24, 2.45) is 0 Å². The molecule has 1 aliphatic heterocycles. The molecule has 5 heteroatoms. The van der Waals surface area contributed by atoms with Crippen molar-refractivity contribution in [2.75, 3.05) is 13.7 Å². The SMILES string of the molecule is Cc1ccccc1C[NH+](C)CN1C(=O)NC2(CCCCCC2)C1=O. The summed E-state index contributed by atoms with van der Waals surface area (Å²) in [7, 11) is 2.03. The van der Waals surface area contributed by atoms with Crippen LogP contribution in [0.25, 0.3) is 0 Å². The van der Waals surface area contributed by atoms with Crippen molar-refractivity contribution in [1.29, 1.82) is 0 Å². The summed E-state index contributed by atoms with van der Waals surface area (Å²) in [6.07, 6.45) is 5.92. The highest BCUT2D eigenvalue weighted by Crippen LogP contribution is 2.32. The third kappa shape index (κ3) is 3.31. The summed E-state index contributed by atoms with van der Waals surface area (Å²) >= 11 is 0. The second-order valence-corrected chi connectivity index (χ2v) is 7.38. The lowest BCUT2D eigenvalue weighted by atomic mass is 9.90. The van der Waals surface area contributed by atoms with E-state index in [0.717, 1.165) is 50.0 Å². The van der Waals surface area contributed by atoms with Gasteiger partial charge in [-0.3, -0.25) is 4.79 Å². The first-order chi connectivity index (χ1) is 11.5. The number of imide groups is 1. The Morgan fingerprint density at radius 3 is 2.46 bits per heavy atom. The van der Waals surface area contributed by atoms with Crippen LogP contribution in [0, 0.1) is 6.92 Å². The van der Waals surface area contributed by atoms with Gasteiger partial charge in [0.2, 0.25) is 0 Å². The first-order valence-corrected chi connectivity index (χ1v) is 9.02. The van der Waals surface area contributed by atoms with Gasteiger partial charge in [-0.05, 0) is 25.3 Å². The number of amides is 3. The van der Waals surface area contributed by atoms with E-state index in [1.165, 1.54) is 16.0 Å². The highest BCUT2D eigenvalue weighted by atomic mass is 16.2. The van der Waals surface area contributed by atoms with Crippen LogP contribution in [0.15, 0.2) is 24.3 Å². The summed E-state index contributed by atoms with van der Waals surface area (Å²) in [5.41, 5.74) is 1.87. The summed E-state index contributed by atoms with van der Waals surface area (Å²) in [6, 6.07) is 8.05. The van der Waals surface area contributed by atoms with E-state index in [9.17, 15) is 9.59 Å². The Bertz CT molecular complexity index is 621. The monoisotopic (exact) mass is 330 g/mol. The zero-order chi connectivity index (χ0) is 17.2. The molecule has 1 spiro atoms. The third-order valence-electron chi connectivity index (χ3n) is 5.38. The highest BCUT2D eigenvalue weighted by molar-refractivity contribution is 6.06. The Labute approximate surface area is 144 Å². The molecule has 1 unspecified atom stereocenters. The van der Waals surface area contributed by atoms with Crippen LogP contribution in [0.5, 0.6) is 0 Å². The Balaban J connectivity index is 1.67. The van der Waals surface area contributed by atoms with Crippen LogP contribution in [-0.4, -0.2) is 36.1 Å². The summed E-state index contributed by atoms with van der Waals surface area (Å²) in [6.45, 7) is 3.31. The first kappa shape index (κ1) is 17.0. The van der Waals surface area contributed by atoms with Crippen molar-refractivity contribution < 1.29 is 14.5 Å². The second-order valence-electron chi connectivity index (χ2n) is 7.38. The molecule has 24 heavy (non-hydrogen) atoms. The van der Waals surface area contributed by atoms with Crippen LogP contribution in [0.2, 0.25) is 0 Å². The minimum Gasteiger partial charge on any atom is -0.323 e. The van der Waals surface area contributed by atoms with E-state index in [4.69, 9.17) is 0 Å². The molecule has 5 nitrogen and oxygen atoms in total. The molecule has 130 valence electrons. The van der Waals surface area contributed by atoms with Crippen LogP contribution < -0.4 is 10.2 Å². The van der Waals surface area contributed by atoms with E-state index in [1.807, 2.05) is 19.2 Å². The summed E-state index contributed by atoms with van der Waals surface area (Å²) < 4.78 is 0. The van der Waals surface area contributed by atoms with E-state index in [1.54, 1.807) is 0 Å². The van der Waals surface area contributed by atoms with Gasteiger partial charge in [-0.15, -0.1) is 0 Å². The number of rotatable bonds is 4. The molecule has 0 radical (unpaired) electrons. The maximum absolute atomic E-state index is 12.9. The molecule has 2 aliphatic rings. The number of nitrogens with zero attached hydrogens (tertiary/aromatic N) is 1. The van der Waals surface area contributed by atoms with Gasteiger partial charge >= 0.3 is 6.03 Å². The highest BCUT2D eigenvalue weighted by Gasteiger charge is 2.51. The average molecular weight is 330 g/mol. The van der Waals surface area contributed by atoms with E-state index in [-0.39, 0.29) is 11.9 Å². The Morgan fingerprint density at radius 2 is 1.79 bits per heavy atom. The Kier molecular flexibility index (Phi) is 4.90. The lowest BCUT2D eigenvalue weighted by molar-refractivity contribution is -0.901. The smallest absolute Gasteiger partial charge is 0.323 e. The fourth-order valence-corrected chi connectivity index (χ4v) is 3.95. The number of carbonyl (C=O) groups is 2. The number of quaternary nitrogens is 1. The van der Waals surface area contributed by atoms with Gasteiger partial charge in [0.15, 0.2) is 6.67 Å². The molecule has 0 aromatic heterocycles. The molecule has 1 aromatic carbocycles. The molecule has 1 atom stereocenters. The van der Waals surface area contributed by atoms with Gasteiger partial charge in [0.05, 0.1) is 7.05 Å². The standard InChI is InChI=1S/C19H27N3O2/c1-15-9-5-6-10-16(15)13-21(2)14-22-17(23)19(20-18(22)24)11-7-3-4-8-12-19/h5-6,9-10H,3-4,7-8,11-14H2,1-2H3,(H,20,24)/p+1. The van der Waals surface area contributed by atoms with Gasteiger partial charge in [-0.2, -0.15) is 0 Å². The number of hydrogen-bond donors (Lipinski definition) is 2. The van der Waals surface area contributed by atoms with Gasteiger partial charge in [-0.25, -0.2) is 9.69 Å². The lowest BCUT2D eigenvalue weighted by Crippen LogP contribution is -3.09. The Morgan fingerprint density at radius 1 is 1.12 bits per heavy atom. The van der Waals surface area contributed by atoms with Crippen molar-refractivity contribution in [3.8, 4) is 0 Å². The molecular weight excluding hydrogens is 302 g/mol. The van der Waals surface area contributed by atoms with Crippen molar-refractivity contribution in [3.05, 3.63) is 35.4 Å². The quantitative estimate of drug-likeness (QED) is 0.824. The fraction of sp³-hybridized carbons (Fsp3) is 0.579.